The lowest BCUT2D eigenvalue weighted by Gasteiger charge is -2.20. The van der Waals surface area contributed by atoms with Crippen LogP contribution in [-0.4, -0.2) is 75.2 Å². The highest BCUT2D eigenvalue weighted by Crippen LogP contribution is 2.16. The Labute approximate surface area is 106 Å². The van der Waals surface area contributed by atoms with E-state index in [0.29, 0.717) is 32.7 Å². The summed E-state index contributed by atoms with van der Waals surface area (Å²) in [5.41, 5.74) is 0. The number of epoxide rings is 3. The van der Waals surface area contributed by atoms with Gasteiger partial charge in [0.05, 0.1) is 51.7 Å². The first-order valence-corrected chi connectivity index (χ1v) is 6.51. The van der Waals surface area contributed by atoms with Crippen molar-refractivity contribution in [1.82, 2.24) is 4.90 Å². The molecule has 6 heteroatoms. The van der Waals surface area contributed by atoms with Crippen LogP contribution in [0, 0.1) is 0 Å². The van der Waals surface area contributed by atoms with Crippen LogP contribution in [0.15, 0.2) is 0 Å². The van der Waals surface area contributed by atoms with Gasteiger partial charge in [-0.3, -0.25) is 4.79 Å². The second-order valence-electron chi connectivity index (χ2n) is 4.99. The molecule has 0 radical (unpaired) electrons. The molecule has 0 N–H and O–H groups in total. The lowest BCUT2D eigenvalue weighted by molar-refractivity contribution is -0.132. The van der Waals surface area contributed by atoms with Gasteiger partial charge in [-0.15, -0.1) is 0 Å². The van der Waals surface area contributed by atoms with Gasteiger partial charge in [0.15, 0.2) is 0 Å². The van der Waals surface area contributed by atoms with Gasteiger partial charge in [-0.2, -0.15) is 0 Å². The van der Waals surface area contributed by atoms with Crippen LogP contribution in [0.2, 0.25) is 0 Å². The zero-order chi connectivity index (χ0) is 12.4. The first-order valence-electron chi connectivity index (χ1n) is 6.51. The lowest BCUT2D eigenvalue weighted by Crippen LogP contribution is -2.37. The predicted molar refractivity (Wildman–Crippen MR) is 61.2 cm³/mol. The molecular weight excluding hydrogens is 238 g/mol. The third-order valence-electron chi connectivity index (χ3n) is 3.17. The minimum Gasteiger partial charge on any atom is -0.378 e. The Morgan fingerprint density at radius 1 is 1.06 bits per heavy atom. The van der Waals surface area contributed by atoms with E-state index in [1.807, 2.05) is 4.90 Å². The van der Waals surface area contributed by atoms with Gasteiger partial charge in [-0.1, -0.05) is 0 Å². The van der Waals surface area contributed by atoms with Crippen LogP contribution in [0.4, 0.5) is 0 Å². The highest BCUT2D eigenvalue weighted by Gasteiger charge is 2.32. The summed E-state index contributed by atoms with van der Waals surface area (Å²) in [6, 6.07) is 0. The highest BCUT2D eigenvalue weighted by molar-refractivity contribution is 5.76. The Morgan fingerprint density at radius 2 is 1.61 bits per heavy atom. The second-order valence-corrected chi connectivity index (χ2v) is 4.99. The molecule has 0 saturated carbocycles. The molecule has 18 heavy (non-hydrogen) atoms. The van der Waals surface area contributed by atoms with Crippen LogP contribution in [0.25, 0.3) is 0 Å². The number of hydrogen-bond acceptors (Lipinski definition) is 5. The molecule has 0 aromatic rings. The number of ether oxygens (including phenoxy) is 4. The molecule has 3 rings (SSSR count). The maximum atomic E-state index is 12.0. The fourth-order valence-corrected chi connectivity index (χ4v) is 1.81. The van der Waals surface area contributed by atoms with Crippen LogP contribution in [-0.2, 0) is 23.7 Å². The summed E-state index contributed by atoms with van der Waals surface area (Å²) < 4.78 is 20.8. The normalized spacial score (nSPS) is 32.1. The molecule has 3 heterocycles. The molecule has 3 fully saturated rings. The van der Waals surface area contributed by atoms with E-state index in [1.54, 1.807) is 0 Å². The third kappa shape index (κ3) is 4.20. The highest BCUT2D eigenvalue weighted by atomic mass is 16.6. The number of carbonyl (C=O) groups is 1. The van der Waals surface area contributed by atoms with Gasteiger partial charge in [0.1, 0.15) is 6.10 Å². The average Bonchev–Trinajstić information content (AvgIpc) is 3.21. The van der Waals surface area contributed by atoms with Crippen molar-refractivity contribution in [1.29, 1.82) is 0 Å². The Hall–Kier alpha value is -0.690. The van der Waals surface area contributed by atoms with Crippen molar-refractivity contribution in [2.24, 2.45) is 0 Å². The zero-order valence-electron chi connectivity index (χ0n) is 10.4. The molecule has 0 bridgehead atoms. The topological polar surface area (TPSA) is 67.1 Å². The van der Waals surface area contributed by atoms with E-state index in [4.69, 9.17) is 18.9 Å². The SMILES string of the molecule is O=C(CCOCC1CO1)N(CC1CO1)CC1CO1. The van der Waals surface area contributed by atoms with Crippen LogP contribution in [0.1, 0.15) is 6.42 Å². The van der Waals surface area contributed by atoms with Crippen molar-refractivity contribution in [3.63, 3.8) is 0 Å². The van der Waals surface area contributed by atoms with E-state index >= 15 is 0 Å². The first kappa shape index (κ1) is 12.3. The molecule has 102 valence electrons. The minimum atomic E-state index is 0.123. The van der Waals surface area contributed by atoms with Crippen molar-refractivity contribution < 1.29 is 23.7 Å². The van der Waals surface area contributed by atoms with Gasteiger partial charge < -0.3 is 23.8 Å². The van der Waals surface area contributed by atoms with E-state index in [-0.39, 0.29) is 24.2 Å². The fourth-order valence-electron chi connectivity index (χ4n) is 1.81. The Kier molecular flexibility index (Phi) is 3.79. The van der Waals surface area contributed by atoms with Crippen LogP contribution in [0.5, 0.6) is 0 Å². The zero-order valence-corrected chi connectivity index (χ0v) is 10.4. The molecule has 0 aliphatic carbocycles. The predicted octanol–water partition coefficient (Wildman–Crippen LogP) is -0.582. The first-order chi connectivity index (χ1) is 8.81. The molecule has 6 nitrogen and oxygen atoms in total. The van der Waals surface area contributed by atoms with Crippen molar-refractivity contribution >= 4 is 5.91 Å². The van der Waals surface area contributed by atoms with Crippen LogP contribution >= 0.6 is 0 Å². The van der Waals surface area contributed by atoms with E-state index in [2.05, 4.69) is 0 Å². The second kappa shape index (κ2) is 5.52. The molecule has 0 spiro atoms. The van der Waals surface area contributed by atoms with Crippen molar-refractivity contribution in [2.45, 2.75) is 24.7 Å². The number of amides is 1. The number of nitrogens with zero attached hydrogens (tertiary/aromatic N) is 1. The summed E-state index contributed by atoms with van der Waals surface area (Å²) in [5, 5.41) is 0. The Bertz CT molecular complexity index is 285. The quantitative estimate of drug-likeness (QED) is 0.408. The van der Waals surface area contributed by atoms with Gasteiger partial charge in [0.2, 0.25) is 5.91 Å². The van der Waals surface area contributed by atoms with Gasteiger partial charge in [0.25, 0.3) is 0 Å². The van der Waals surface area contributed by atoms with E-state index in [0.717, 1.165) is 19.8 Å². The summed E-state index contributed by atoms with van der Waals surface area (Å²) in [6.07, 6.45) is 1.14. The molecule has 3 unspecified atom stereocenters. The van der Waals surface area contributed by atoms with E-state index in [1.165, 1.54) is 0 Å². The lowest BCUT2D eigenvalue weighted by atomic mass is 10.3. The molecule has 3 aliphatic heterocycles. The third-order valence-corrected chi connectivity index (χ3v) is 3.17. The molecule has 1 amide bonds. The smallest absolute Gasteiger partial charge is 0.225 e. The molecule has 3 atom stereocenters. The summed E-state index contributed by atoms with van der Waals surface area (Å²) >= 11 is 0. The fraction of sp³-hybridized carbons (Fsp3) is 0.917. The average molecular weight is 257 g/mol. The van der Waals surface area contributed by atoms with Gasteiger partial charge in [-0.25, -0.2) is 0 Å². The van der Waals surface area contributed by atoms with Gasteiger partial charge in [-0.05, 0) is 0 Å². The van der Waals surface area contributed by atoms with Crippen molar-refractivity contribution in [2.75, 3.05) is 46.1 Å². The minimum absolute atomic E-state index is 0.123. The van der Waals surface area contributed by atoms with Crippen molar-refractivity contribution in [3.8, 4) is 0 Å². The largest absolute Gasteiger partial charge is 0.378 e. The number of hydrogen-bond donors (Lipinski definition) is 0. The maximum absolute atomic E-state index is 12.0. The standard InChI is InChI=1S/C12H19NO5/c14-12(1-2-15-5-11-8-18-11)13(3-9-6-16-9)4-10-7-17-10/h9-11H,1-8H2. The Morgan fingerprint density at radius 3 is 2.11 bits per heavy atom. The van der Waals surface area contributed by atoms with Gasteiger partial charge in [0, 0.05) is 13.1 Å². The summed E-state index contributed by atoms with van der Waals surface area (Å²) in [7, 11) is 0. The molecule has 3 aliphatic rings. The summed E-state index contributed by atoms with van der Waals surface area (Å²) in [5.74, 6) is 0.123. The Balaban J connectivity index is 1.35. The summed E-state index contributed by atoms with van der Waals surface area (Å²) in [6.45, 7) is 4.76. The molecule has 0 aromatic carbocycles. The van der Waals surface area contributed by atoms with Crippen LogP contribution in [0.3, 0.4) is 0 Å². The van der Waals surface area contributed by atoms with Gasteiger partial charge >= 0.3 is 0 Å². The summed E-state index contributed by atoms with van der Waals surface area (Å²) in [4.78, 5) is 13.9. The molecule has 0 aromatic heterocycles. The molecular formula is C12H19NO5. The number of carbonyl (C=O) groups excluding carboxylic acids is 1. The van der Waals surface area contributed by atoms with E-state index in [9.17, 15) is 4.79 Å². The monoisotopic (exact) mass is 257 g/mol. The molecule has 3 saturated heterocycles. The van der Waals surface area contributed by atoms with Crippen LogP contribution < -0.4 is 0 Å². The maximum Gasteiger partial charge on any atom is 0.225 e. The number of rotatable bonds is 9. The van der Waals surface area contributed by atoms with Crippen molar-refractivity contribution in [3.05, 3.63) is 0 Å². The van der Waals surface area contributed by atoms with E-state index < -0.39 is 0 Å².